The van der Waals surface area contributed by atoms with Gasteiger partial charge in [0, 0.05) is 6.20 Å². The zero-order chi connectivity index (χ0) is 10.7. The Morgan fingerprint density at radius 2 is 2.33 bits per heavy atom. The van der Waals surface area contributed by atoms with Gasteiger partial charge in [-0.1, -0.05) is 0 Å². The minimum absolute atomic E-state index is 0.254. The molecule has 0 aromatic carbocycles. The predicted octanol–water partition coefficient (Wildman–Crippen LogP) is 0.976. The van der Waals surface area contributed by atoms with Gasteiger partial charge in [-0.2, -0.15) is 10.4 Å². The second-order valence-corrected chi connectivity index (χ2v) is 3.83. The summed E-state index contributed by atoms with van der Waals surface area (Å²) in [6.07, 6.45) is 4.99. The van der Waals surface area contributed by atoms with E-state index in [-0.39, 0.29) is 5.91 Å². The average Bonchev–Trinajstić information content (AvgIpc) is 2.88. The number of carbonyl (C=O) groups is 1. The van der Waals surface area contributed by atoms with E-state index in [9.17, 15) is 4.79 Å². The van der Waals surface area contributed by atoms with E-state index in [0.29, 0.717) is 5.69 Å². The second kappa shape index (κ2) is 3.73. The number of hydrogen-bond acceptors (Lipinski definition) is 3. The summed E-state index contributed by atoms with van der Waals surface area (Å²) in [6, 6.07) is 3.80. The Labute approximate surface area is 87.5 Å². The van der Waals surface area contributed by atoms with E-state index in [1.165, 1.54) is 6.20 Å². The first-order valence-electron chi connectivity index (χ1n) is 4.99. The van der Waals surface area contributed by atoms with Crippen molar-refractivity contribution in [1.29, 1.82) is 5.26 Å². The van der Waals surface area contributed by atoms with Gasteiger partial charge in [-0.3, -0.25) is 9.89 Å². The van der Waals surface area contributed by atoms with Gasteiger partial charge < -0.3 is 5.32 Å². The molecule has 0 saturated heterocycles. The number of aromatic nitrogens is 2. The molecule has 0 spiro atoms. The van der Waals surface area contributed by atoms with Gasteiger partial charge >= 0.3 is 0 Å². The van der Waals surface area contributed by atoms with Crippen LogP contribution in [0.1, 0.15) is 36.2 Å². The molecule has 78 valence electrons. The Hall–Kier alpha value is -1.83. The Bertz CT molecular complexity index is 384. The monoisotopic (exact) mass is 204 g/mol. The van der Waals surface area contributed by atoms with Crippen molar-refractivity contribution in [3.05, 3.63) is 18.0 Å². The van der Waals surface area contributed by atoms with Crippen LogP contribution >= 0.6 is 0 Å². The molecule has 1 aliphatic carbocycles. The van der Waals surface area contributed by atoms with Gasteiger partial charge in [-0.25, -0.2) is 0 Å². The van der Waals surface area contributed by atoms with Gasteiger partial charge in [0.1, 0.15) is 11.2 Å². The highest BCUT2D eigenvalue weighted by Crippen LogP contribution is 2.28. The number of nitriles is 1. The van der Waals surface area contributed by atoms with Crippen LogP contribution in [0, 0.1) is 11.3 Å². The van der Waals surface area contributed by atoms with Crippen LogP contribution in [0.15, 0.2) is 12.3 Å². The summed E-state index contributed by atoms with van der Waals surface area (Å²) in [5, 5.41) is 18.1. The molecule has 1 aliphatic rings. The molecule has 2 rings (SSSR count). The fourth-order valence-corrected chi connectivity index (χ4v) is 1.91. The first kappa shape index (κ1) is 9.71. The second-order valence-electron chi connectivity index (χ2n) is 3.83. The van der Waals surface area contributed by atoms with Crippen LogP contribution < -0.4 is 5.32 Å². The molecule has 0 radical (unpaired) electrons. The number of H-pyrrole nitrogens is 1. The standard InChI is InChI=1S/C10H12N4O/c11-7-10(4-1-2-5-10)13-9(15)8-3-6-12-14-8/h3,6H,1-2,4-5H2,(H,12,14)(H,13,15). The van der Waals surface area contributed by atoms with Crippen LogP contribution in [0.2, 0.25) is 0 Å². The zero-order valence-corrected chi connectivity index (χ0v) is 8.29. The number of nitrogens with zero attached hydrogens (tertiary/aromatic N) is 2. The molecule has 1 heterocycles. The van der Waals surface area contributed by atoms with Crippen molar-refractivity contribution < 1.29 is 4.79 Å². The number of amides is 1. The third kappa shape index (κ3) is 1.84. The van der Waals surface area contributed by atoms with E-state index in [2.05, 4.69) is 21.6 Å². The maximum atomic E-state index is 11.7. The van der Waals surface area contributed by atoms with Crippen molar-refractivity contribution in [2.75, 3.05) is 0 Å². The van der Waals surface area contributed by atoms with Crippen molar-refractivity contribution in [3.8, 4) is 6.07 Å². The lowest BCUT2D eigenvalue weighted by atomic mass is 10.00. The molecule has 0 aliphatic heterocycles. The van der Waals surface area contributed by atoms with Gasteiger partial charge in [-0.05, 0) is 31.7 Å². The predicted molar refractivity (Wildman–Crippen MR) is 52.9 cm³/mol. The normalized spacial score (nSPS) is 18.3. The van der Waals surface area contributed by atoms with Crippen LogP contribution in [0.25, 0.3) is 0 Å². The van der Waals surface area contributed by atoms with E-state index >= 15 is 0 Å². The molecule has 2 N–H and O–H groups in total. The number of nitrogens with one attached hydrogen (secondary N) is 2. The number of carbonyl (C=O) groups excluding carboxylic acids is 1. The highest BCUT2D eigenvalue weighted by atomic mass is 16.2. The van der Waals surface area contributed by atoms with Crippen LogP contribution in [-0.4, -0.2) is 21.6 Å². The summed E-state index contributed by atoms with van der Waals surface area (Å²) in [4.78, 5) is 11.7. The number of aromatic amines is 1. The maximum Gasteiger partial charge on any atom is 0.270 e. The molecule has 1 saturated carbocycles. The van der Waals surface area contributed by atoms with E-state index in [4.69, 9.17) is 5.26 Å². The van der Waals surface area contributed by atoms with E-state index in [1.54, 1.807) is 6.07 Å². The molecule has 1 amide bonds. The van der Waals surface area contributed by atoms with Crippen molar-refractivity contribution in [3.63, 3.8) is 0 Å². The first-order valence-corrected chi connectivity index (χ1v) is 4.99. The number of rotatable bonds is 2. The lowest BCUT2D eigenvalue weighted by molar-refractivity contribution is 0.0915. The average molecular weight is 204 g/mol. The summed E-state index contributed by atoms with van der Waals surface area (Å²) in [7, 11) is 0. The van der Waals surface area contributed by atoms with Gasteiger partial charge in [0.15, 0.2) is 0 Å². The van der Waals surface area contributed by atoms with Crippen LogP contribution in [0.5, 0.6) is 0 Å². The Kier molecular flexibility index (Phi) is 2.42. The molecule has 0 atom stereocenters. The first-order chi connectivity index (χ1) is 7.26. The highest BCUT2D eigenvalue weighted by molar-refractivity contribution is 5.92. The Morgan fingerprint density at radius 1 is 1.60 bits per heavy atom. The fourth-order valence-electron chi connectivity index (χ4n) is 1.91. The SMILES string of the molecule is N#CC1(NC(=O)c2ccn[nH]2)CCCC1. The van der Waals surface area contributed by atoms with Crippen molar-refractivity contribution >= 4 is 5.91 Å². The molecule has 1 aromatic rings. The number of hydrogen-bond donors (Lipinski definition) is 2. The molecule has 0 unspecified atom stereocenters. The van der Waals surface area contributed by atoms with Crippen molar-refractivity contribution in [2.45, 2.75) is 31.2 Å². The van der Waals surface area contributed by atoms with Gasteiger partial charge in [0.25, 0.3) is 5.91 Å². The lowest BCUT2D eigenvalue weighted by Gasteiger charge is -2.21. The fraction of sp³-hybridized carbons (Fsp3) is 0.500. The van der Waals surface area contributed by atoms with Gasteiger partial charge in [0.05, 0.1) is 6.07 Å². The molecule has 15 heavy (non-hydrogen) atoms. The summed E-state index contributed by atoms with van der Waals surface area (Å²) < 4.78 is 0. The van der Waals surface area contributed by atoms with Crippen LogP contribution in [-0.2, 0) is 0 Å². The molecule has 0 bridgehead atoms. The maximum absolute atomic E-state index is 11.7. The lowest BCUT2D eigenvalue weighted by Crippen LogP contribution is -2.45. The zero-order valence-electron chi connectivity index (χ0n) is 8.29. The minimum Gasteiger partial charge on any atom is -0.332 e. The van der Waals surface area contributed by atoms with Crippen LogP contribution in [0.4, 0.5) is 0 Å². The molecule has 1 fully saturated rings. The minimum atomic E-state index is -0.664. The van der Waals surface area contributed by atoms with Crippen LogP contribution in [0.3, 0.4) is 0 Å². The Balaban J connectivity index is 2.08. The van der Waals surface area contributed by atoms with E-state index < -0.39 is 5.54 Å². The van der Waals surface area contributed by atoms with Crippen molar-refractivity contribution in [1.82, 2.24) is 15.5 Å². The largest absolute Gasteiger partial charge is 0.332 e. The van der Waals surface area contributed by atoms with E-state index in [1.807, 2.05) is 0 Å². The van der Waals surface area contributed by atoms with Gasteiger partial charge in [-0.15, -0.1) is 0 Å². The molecule has 1 aromatic heterocycles. The Morgan fingerprint density at radius 3 is 2.87 bits per heavy atom. The molecule has 5 nitrogen and oxygen atoms in total. The third-order valence-electron chi connectivity index (χ3n) is 2.77. The molecule has 5 heteroatoms. The third-order valence-corrected chi connectivity index (χ3v) is 2.77. The highest BCUT2D eigenvalue weighted by Gasteiger charge is 2.35. The summed E-state index contributed by atoms with van der Waals surface area (Å²) in [6.45, 7) is 0. The van der Waals surface area contributed by atoms with E-state index in [0.717, 1.165) is 25.7 Å². The van der Waals surface area contributed by atoms with Gasteiger partial charge in [0.2, 0.25) is 0 Å². The quantitative estimate of drug-likeness (QED) is 0.753. The smallest absolute Gasteiger partial charge is 0.270 e. The molecular weight excluding hydrogens is 192 g/mol. The topological polar surface area (TPSA) is 81.6 Å². The summed E-state index contributed by atoms with van der Waals surface area (Å²) >= 11 is 0. The molecular formula is C10H12N4O. The summed E-state index contributed by atoms with van der Waals surface area (Å²) in [5.41, 5.74) is -0.265. The van der Waals surface area contributed by atoms with Crippen molar-refractivity contribution in [2.24, 2.45) is 0 Å². The summed E-state index contributed by atoms with van der Waals surface area (Å²) in [5.74, 6) is -0.254.